The summed E-state index contributed by atoms with van der Waals surface area (Å²) in [6, 6.07) is 13.4. The zero-order valence-corrected chi connectivity index (χ0v) is 14.7. The number of nitrogens with one attached hydrogen (secondary N) is 2. The number of carbonyl (C=O) groups excluding carboxylic acids is 1. The number of pyridine rings is 1. The number of carbonyl (C=O) groups is 1. The Morgan fingerprint density at radius 2 is 2.08 bits per heavy atom. The molecular weight excluding hydrogens is 312 g/mol. The second-order valence-corrected chi connectivity index (χ2v) is 6.02. The molecule has 0 aliphatic rings. The largest absolute Gasteiger partial charge is 0.384 e. The molecule has 0 aliphatic heterocycles. The Morgan fingerprint density at radius 3 is 2.72 bits per heavy atom. The fraction of sp³-hybridized carbons (Fsp3) is 0.250. The fourth-order valence-corrected chi connectivity index (χ4v) is 2.43. The minimum atomic E-state index is -0.424. The first-order chi connectivity index (χ1) is 12.0. The maximum absolute atomic E-state index is 12.5. The van der Waals surface area contributed by atoms with Gasteiger partial charge >= 0.3 is 0 Å². The normalized spacial score (nSPS) is 11.1. The zero-order chi connectivity index (χ0) is 18.2. The molecule has 5 nitrogen and oxygen atoms in total. The average molecular weight is 334 g/mol. The Bertz CT molecular complexity index is 804. The minimum absolute atomic E-state index is 0.0221. The highest BCUT2D eigenvalue weighted by molar-refractivity contribution is 6.07. The summed E-state index contributed by atoms with van der Waals surface area (Å²) in [4.78, 5) is 16.6. The Balaban J connectivity index is 2.10. The van der Waals surface area contributed by atoms with E-state index in [1.54, 1.807) is 6.20 Å². The van der Waals surface area contributed by atoms with Crippen LogP contribution >= 0.6 is 0 Å². The summed E-state index contributed by atoms with van der Waals surface area (Å²) in [5.74, 6) is -0.154. The molecule has 5 heteroatoms. The van der Waals surface area contributed by atoms with Crippen LogP contribution in [0.25, 0.3) is 0 Å². The first-order valence-corrected chi connectivity index (χ1v) is 8.17. The van der Waals surface area contributed by atoms with Crippen LogP contribution in [0.4, 0.5) is 5.69 Å². The number of nitrogens with zero attached hydrogens (tertiary/aromatic N) is 2. The molecule has 0 unspecified atom stereocenters. The Morgan fingerprint density at radius 1 is 1.28 bits per heavy atom. The summed E-state index contributed by atoms with van der Waals surface area (Å²) in [5, 5.41) is 15.1. The molecule has 0 saturated carbocycles. The maximum atomic E-state index is 12.5. The van der Waals surface area contributed by atoms with Gasteiger partial charge in [-0.25, -0.2) is 0 Å². The number of aryl methyl sites for hydroxylation is 1. The van der Waals surface area contributed by atoms with E-state index in [-0.39, 0.29) is 11.5 Å². The molecule has 2 aromatic rings. The maximum Gasteiger partial charge on any atom is 0.267 e. The summed E-state index contributed by atoms with van der Waals surface area (Å²) < 4.78 is 0. The van der Waals surface area contributed by atoms with E-state index in [9.17, 15) is 10.1 Å². The summed E-state index contributed by atoms with van der Waals surface area (Å²) in [7, 11) is 0. The van der Waals surface area contributed by atoms with Crippen LogP contribution in [-0.2, 0) is 11.3 Å². The number of benzene rings is 1. The summed E-state index contributed by atoms with van der Waals surface area (Å²) in [6.45, 7) is 6.53. The first kappa shape index (κ1) is 18.2. The molecule has 1 aromatic carbocycles. The van der Waals surface area contributed by atoms with Gasteiger partial charge in [-0.3, -0.25) is 9.78 Å². The second kappa shape index (κ2) is 8.65. The van der Waals surface area contributed by atoms with Gasteiger partial charge in [0.05, 0.1) is 12.2 Å². The van der Waals surface area contributed by atoms with Crippen molar-refractivity contribution in [3.8, 4) is 6.07 Å². The van der Waals surface area contributed by atoms with E-state index >= 15 is 0 Å². The first-order valence-electron chi connectivity index (χ1n) is 8.17. The lowest BCUT2D eigenvalue weighted by molar-refractivity contribution is -0.112. The van der Waals surface area contributed by atoms with E-state index in [2.05, 4.69) is 29.5 Å². The van der Waals surface area contributed by atoms with Gasteiger partial charge in [0, 0.05) is 18.1 Å². The van der Waals surface area contributed by atoms with Gasteiger partial charge in [0.25, 0.3) is 5.91 Å². The number of rotatable bonds is 6. The Labute approximate surface area is 148 Å². The molecule has 0 fully saturated rings. The number of aromatic nitrogens is 1. The molecule has 0 radical (unpaired) electrons. The number of amides is 1. The highest BCUT2D eigenvalue weighted by atomic mass is 16.1. The molecule has 2 rings (SSSR count). The van der Waals surface area contributed by atoms with Crippen molar-refractivity contribution in [1.29, 1.82) is 5.26 Å². The van der Waals surface area contributed by atoms with Gasteiger partial charge < -0.3 is 10.6 Å². The van der Waals surface area contributed by atoms with Crippen LogP contribution in [0.2, 0.25) is 0 Å². The Hall–Kier alpha value is -3.13. The third kappa shape index (κ3) is 4.92. The third-order valence-corrected chi connectivity index (χ3v) is 3.79. The molecule has 1 heterocycles. The summed E-state index contributed by atoms with van der Waals surface area (Å²) in [6.07, 6.45) is 3.13. The van der Waals surface area contributed by atoms with Crippen LogP contribution in [0.3, 0.4) is 0 Å². The van der Waals surface area contributed by atoms with Crippen molar-refractivity contribution >= 4 is 11.6 Å². The fourth-order valence-electron chi connectivity index (χ4n) is 2.43. The average Bonchev–Trinajstić information content (AvgIpc) is 2.61. The molecular formula is C20H22N4O. The van der Waals surface area contributed by atoms with E-state index in [0.717, 1.165) is 22.5 Å². The van der Waals surface area contributed by atoms with Crippen LogP contribution < -0.4 is 10.6 Å². The van der Waals surface area contributed by atoms with Crippen LogP contribution in [0.1, 0.15) is 36.6 Å². The topological polar surface area (TPSA) is 77.8 Å². The predicted octanol–water partition coefficient (Wildman–Crippen LogP) is 3.65. The molecule has 128 valence electrons. The van der Waals surface area contributed by atoms with E-state index in [1.807, 2.05) is 49.4 Å². The number of hydrogen-bond donors (Lipinski definition) is 2. The number of anilines is 1. The molecule has 1 aromatic heterocycles. The van der Waals surface area contributed by atoms with Gasteiger partial charge in [-0.2, -0.15) is 5.26 Å². The van der Waals surface area contributed by atoms with Gasteiger partial charge in [-0.1, -0.05) is 38.1 Å². The lowest BCUT2D eigenvalue weighted by Crippen LogP contribution is -2.18. The Kier molecular flexibility index (Phi) is 6.30. The van der Waals surface area contributed by atoms with Crippen LogP contribution in [0, 0.1) is 18.3 Å². The van der Waals surface area contributed by atoms with Crippen molar-refractivity contribution in [2.45, 2.75) is 33.2 Å². The molecule has 2 N–H and O–H groups in total. The van der Waals surface area contributed by atoms with Crippen molar-refractivity contribution in [3.63, 3.8) is 0 Å². The summed E-state index contributed by atoms with van der Waals surface area (Å²) >= 11 is 0. The second-order valence-electron chi connectivity index (χ2n) is 6.02. The van der Waals surface area contributed by atoms with Crippen LogP contribution in [-0.4, -0.2) is 10.9 Å². The van der Waals surface area contributed by atoms with Gasteiger partial charge in [0.1, 0.15) is 11.6 Å². The van der Waals surface area contributed by atoms with E-state index in [4.69, 9.17) is 0 Å². The molecule has 0 spiro atoms. The smallest absolute Gasteiger partial charge is 0.267 e. The number of hydrogen-bond acceptors (Lipinski definition) is 4. The number of nitriles is 1. The highest BCUT2D eigenvalue weighted by Gasteiger charge is 2.15. The molecule has 0 atom stereocenters. The number of para-hydroxylation sites is 1. The molecule has 25 heavy (non-hydrogen) atoms. The van der Waals surface area contributed by atoms with Crippen molar-refractivity contribution in [1.82, 2.24) is 10.3 Å². The van der Waals surface area contributed by atoms with Crippen LogP contribution in [0.15, 0.2) is 54.4 Å². The van der Waals surface area contributed by atoms with Crippen molar-refractivity contribution in [2.24, 2.45) is 0 Å². The quantitative estimate of drug-likeness (QED) is 0.624. The summed E-state index contributed by atoms with van der Waals surface area (Å²) in [5.41, 5.74) is 3.64. The highest BCUT2D eigenvalue weighted by Crippen LogP contribution is 2.27. The monoisotopic (exact) mass is 334 g/mol. The van der Waals surface area contributed by atoms with Gasteiger partial charge in [0.15, 0.2) is 0 Å². The molecule has 1 amide bonds. The van der Waals surface area contributed by atoms with Gasteiger partial charge in [0.2, 0.25) is 0 Å². The van der Waals surface area contributed by atoms with Crippen molar-refractivity contribution in [2.75, 3.05) is 5.32 Å². The lowest BCUT2D eigenvalue weighted by Gasteiger charge is -2.16. The van der Waals surface area contributed by atoms with Gasteiger partial charge in [-0.15, -0.1) is 0 Å². The van der Waals surface area contributed by atoms with Crippen molar-refractivity contribution in [3.05, 3.63) is 71.2 Å². The molecule has 0 saturated heterocycles. The standard InChI is InChI=1S/C20H22N4O/c1-14(2)18-9-6-7-15(3)19(18)24-20(25)16(11-21)12-22-13-17-8-4-5-10-23-17/h4-10,12,14,22H,13H2,1-3H3,(H,24,25)/b16-12-. The van der Waals surface area contributed by atoms with E-state index in [1.165, 1.54) is 6.20 Å². The van der Waals surface area contributed by atoms with E-state index in [0.29, 0.717) is 6.54 Å². The minimum Gasteiger partial charge on any atom is -0.384 e. The third-order valence-electron chi connectivity index (χ3n) is 3.79. The van der Waals surface area contributed by atoms with Crippen molar-refractivity contribution < 1.29 is 4.79 Å². The SMILES string of the molecule is Cc1cccc(C(C)C)c1NC(=O)/C(C#N)=C\NCc1ccccn1. The van der Waals surface area contributed by atoms with Crippen LogP contribution in [0.5, 0.6) is 0 Å². The zero-order valence-electron chi connectivity index (χ0n) is 14.7. The van der Waals surface area contributed by atoms with Gasteiger partial charge in [-0.05, 0) is 36.1 Å². The lowest BCUT2D eigenvalue weighted by atomic mass is 9.98. The molecule has 0 aliphatic carbocycles. The molecule has 0 bridgehead atoms. The predicted molar refractivity (Wildman–Crippen MR) is 98.7 cm³/mol. The van der Waals surface area contributed by atoms with E-state index < -0.39 is 5.91 Å².